The van der Waals surface area contributed by atoms with Crippen molar-refractivity contribution in [2.45, 2.75) is 66.4 Å². The number of amides is 1. The van der Waals surface area contributed by atoms with Crippen LogP contribution in [0.25, 0.3) is 0 Å². The van der Waals surface area contributed by atoms with E-state index in [9.17, 15) is 4.79 Å². The van der Waals surface area contributed by atoms with E-state index >= 15 is 0 Å². The fourth-order valence-corrected chi connectivity index (χ4v) is 5.53. The molecular weight excluding hydrogens is 322 g/mol. The van der Waals surface area contributed by atoms with Crippen LogP contribution in [0.2, 0.25) is 0 Å². The Kier molecular flexibility index (Phi) is 6.82. The monoisotopic (exact) mass is 345 g/mol. The highest BCUT2D eigenvalue weighted by atomic mass is 32.2. The molecule has 21 heavy (non-hydrogen) atoms. The Bertz CT molecular complexity index is 466. The fraction of sp³-hybridized carbons (Fsp3) is 0.786. The second-order valence-electron chi connectivity index (χ2n) is 5.40. The van der Waals surface area contributed by atoms with Crippen LogP contribution >= 0.6 is 34.9 Å². The highest BCUT2D eigenvalue weighted by molar-refractivity contribution is 8.03. The standard InChI is InChI=1S/C14H23N3OS3/c1-4-19-13-16-17-14(21-13)20-10(3)12(18)15-11-8-6-5-7-9(11)2/h9-11H,4-8H2,1-3H3,(H,15,18). The number of aromatic nitrogens is 2. The summed E-state index contributed by atoms with van der Waals surface area (Å²) in [6.45, 7) is 6.28. The van der Waals surface area contributed by atoms with Gasteiger partial charge < -0.3 is 5.32 Å². The molecule has 1 aliphatic rings. The summed E-state index contributed by atoms with van der Waals surface area (Å²) < 4.78 is 1.86. The van der Waals surface area contributed by atoms with Gasteiger partial charge in [-0.1, -0.05) is 61.5 Å². The van der Waals surface area contributed by atoms with Crippen molar-refractivity contribution in [2.75, 3.05) is 5.75 Å². The smallest absolute Gasteiger partial charge is 0.233 e. The Hall–Kier alpha value is -0.270. The minimum Gasteiger partial charge on any atom is -0.352 e. The van der Waals surface area contributed by atoms with Crippen molar-refractivity contribution in [3.05, 3.63) is 0 Å². The summed E-state index contributed by atoms with van der Waals surface area (Å²) in [5, 5.41) is 11.4. The summed E-state index contributed by atoms with van der Waals surface area (Å²) in [4.78, 5) is 12.3. The van der Waals surface area contributed by atoms with E-state index in [1.165, 1.54) is 31.0 Å². The van der Waals surface area contributed by atoms with Gasteiger partial charge in [0.05, 0.1) is 5.25 Å². The molecule has 1 heterocycles. The minimum atomic E-state index is -0.119. The average Bonchev–Trinajstić information content (AvgIpc) is 2.89. The molecule has 1 amide bonds. The lowest BCUT2D eigenvalue weighted by Crippen LogP contribution is -2.44. The molecule has 1 saturated carbocycles. The minimum absolute atomic E-state index is 0.119. The maximum Gasteiger partial charge on any atom is 0.233 e. The van der Waals surface area contributed by atoms with Gasteiger partial charge in [-0.25, -0.2) is 0 Å². The lowest BCUT2D eigenvalue weighted by Gasteiger charge is -2.30. The molecule has 3 unspecified atom stereocenters. The molecule has 0 radical (unpaired) electrons. The first-order valence-corrected chi connectivity index (χ1v) is 10.2. The zero-order valence-electron chi connectivity index (χ0n) is 12.8. The second kappa shape index (κ2) is 8.39. The second-order valence-corrected chi connectivity index (χ2v) is 9.48. The van der Waals surface area contributed by atoms with Gasteiger partial charge >= 0.3 is 0 Å². The van der Waals surface area contributed by atoms with Crippen LogP contribution in [0.1, 0.15) is 46.5 Å². The van der Waals surface area contributed by atoms with Crippen molar-refractivity contribution in [1.29, 1.82) is 0 Å². The Balaban J connectivity index is 1.83. The Morgan fingerprint density at radius 3 is 2.81 bits per heavy atom. The number of rotatable bonds is 6. The molecule has 1 fully saturated rings. The molecule has 1 aromatic rings. The topological polar surface area (TPSA) is 54.9 Å². The van der Waals surface area contributed by atoms with E-state index in [1.54, 1.807) is 23.1 Å². The van der Waals surface area contributed by atoms with Gasteiger partial charge in [-0.15, -0.1) is 10.2 Å². The maximum atomic E-state index is 12.3. The first kappa shape index (κ1) is 17.1. The largest absolute Gasteiger partial charge is 0.352 e. The Morgan fingerprint density at radius 1 is 1.38 bits per heavy atom. The van der Waals surface area contributed by atoms with Gasteiger partial charge in [-0.3, -0.25) is 4.79 Å². The maximum absolute atomic E-state index is 12.3. The number of thioether (sulfide) groups is 2. The molecule has 118 valence electrons. The lowest BCUT2D eigenvalue weighted by molar-refractivity contribution is -0.121. The molecule has 0 saturated heterocycles. The van der Waals surface area contributed by atoms with Crippen LogP contribution in [-0.4, -0.2) is 33.1 Å². The lowest BCUT2D eigenvalue weighted by atomic mass is 9.86. The highest BCUT2D eigenvalue weighted by Crippen LogP contribution is 2.31. The van der Waals surface area contributed by atoms with E-state index in [-0.39, 0.29) is 11.2 Å². The zero-order valence-corrected chi connectivity index (χ0v) is 15.2. The summed E-state index contributed by atoms with van der Waals surface area (Å²) in [5.74, 6) is 1.71. The fourth-order valence-electron chi connectivity index (χ4n) is 2.46. The van der Waals surface area contributed by atoms with Gasteiger partial charge in [0.25, 0.3) is 0 Å². The number of nitrogens with zero attached hydrogens (tertiary/aromatic N) is 2. The molecule has 1 aromatic heterocycles. The van der Waals surface area contributed by atoms with Crippen LogP contribution in [0.4, 0.5) is 0 Å². The van der Waals surface area contributed by atoms with Gasteiger partial charge in [-0.05, 0) is 31.4 Å². The van der Waals surface area contributed by atoms with Crippen LogP contribution in [0.3, 0.4) is 0 Å². The van der Waals surface area contributed by atoms with E-state index in [0.717, 1.165) is 20.9 Å². The normalized spacial score (nSPS) is 23.8. The summed E-state index contributed by atoms with van der Waals surface area (Å²) in [6, 6.07) is 0.343. The van der Waals surface area contributed by atoms with Gasteiger partial charge in [0.2, 0.25) is 5.91 Å². The van der Waals surface area contributed by atoms with Crippen LogP contribution in [-0.2, 0) is 4.79 Å². The molecule has 2 rings (SSSR count). The Labute approximate surface area is 139 Å². The third-order valence-corrected chi connectivity index (χ3v) is 6.86. The van der Waals surface area contributed by atoms with Crippen molar-refractivity contribution in [1.82, 2.24) is 15.5 Å². The van der Waals surface area contributed by atoms with E-state index in [1.807, 2.05) is 6.92 Å². The highest BCUT2D eigenvalue weighted by Gasteiger charge is 2.25. The van der Waals surface area contributed by atoms with E-state index < -0.39 is 0 Å². The number of carbonyl (C=O) groups is 1. The van der Waals surface area contributed by atoms with Crippen LogP contribution in [0.15, 0.2) is 8.68 Å². The van der Waals surface area contributed by atoms with E-state index in [0.29, 0.717) is 12.0 Å². The molecule has 0 aromatic carbocycles. The number of hydrogen-bond donors (Lipinski definition) is 1. The molecule has 1 aliphatic carbocycles. The average molecular weight is 346 g/mol. The predicted molar refractivity (Wildman–Crippen MR) is 91.2 cm³/mol. The molecular formula is C14H23N3OS3. The zero-order chi connectivity index (χ0) is 15.2. The third kappa shape index (κ3) is 5.14. The van der Waals surface area contributed by atoms with Crippen molar-refractivity contribution in [3.63, 3.8) is 0 Å². The summed E-state index contributed by atoms with van der Waals surface area (Å²) in [5.41, 5.74) is 0. The summed E-state index contributed by atoms with van der Waals surface area (Å²) in [7, 11) is 0. The Morgan fingerprint density at radius 2 is 2.10 bits per heavy atom. The number of carbonyl (C=O) groups excluding carboxylic acids is 1. The van der Waals surface area contributed by atoms with Gasteiger partial charge in [0.1, 0.15) is 0 Å². The van der Waals surface area contributed by atoms with Crippen molar-refractivity contribution >= 4 is 40.8 Å². The van der Waals surface area contributed by atoms with E-state index in [4.69, 9.17) is 0 Å². The molecule has 0 spiro atoms. The van der Waals surface area contributed by atoms with Gasteiger partial charge in [0, 0.05) is 6.04 Å². The van der Waals surface area contributed by atoms with E-state index in [2.05, 4.69) is 29.4 Å². The molecule has 1 N–H and O–H groups in total. The quantitative estimate of drug-likeness (QED) is 0.794. The summed E-state index contributed by atoms with van der Waals surface area (Å²) in [6.07, 6.45) is 4.85. The molecule has 0 aliphatic heterocycles. The third-order valence-electron chi connectivity index (χ3n) is 3.74. The van der Waals surface area contributed by atoms with Crippen molar-refractivity contribution < 1.29 is 4.79 Å². The SMILES string of the molecule is CCSc1nnc(SC(C)C(=O)NC2CCCCC2C)s1. The van der Waals surface area contributed by atoms with Gasteiger partial charge in [-0.2, -0.15) is 0 Å². The number of nitrogens with one attached hydrogen (secondary N) is 1. The molecule has 3 atom stereocenters. The summed E-state index contributed by atoms with van der Waals surface area (Å²) >= 11 is 4.77. The molecule has 0 bridgehead atoms. The van der Waals surface area contributed by atoms with Crippen LogP contribution < -0.4 is 5.32 Å². The van der Waals surface area contributed by atoms with Crippen LogP contribution in [0.5, 0.6) is 0 Å². The van der Waals surface area contributed by atoms with Gasteiger partial charge in [0.15, 0.2) is 8.68 Å². The molecule has 4 nitrogen and oxygen atoms in total. The van der Waals surface area contributed by atoms with Crippen molar-refractivity contribution in [2.24, 2.45) is 5.92 Å². The predicted octanol–water partition coefficient (Wildman–Crippen LogP) is 3.83. The van der Waals surface area contributed by atoms with Crippen LogP contribution in [0, 0.1) is 5.92 Å². The first-order valence-electron chi connectivity index (χ1n) is 7.53. The first-order chi connectivity index (χ1) is 10.1. The number of hydrogen-bond acceptors (Lipinski definition) is 6. The molecule has 7 heteroatoms. The van der Waals surface area contributed by atoms with Crippen molar-refractivity contribution in [3.8, 4) is 0 Å².